The maximum absolute atomic E-state index is 10.3. The minimum absolute atomic E-state index is 0.138. The monoisotopic (exact) mass is 140 g/mol. The summed E-state index contributed by atoms with van der Waals surface area (Å²) in [5, 5.41) is 0. The summed E-state index contributed by atoms with van der Waals surface area (Å²) in [7, 11) is 1.99. The lowest BCUT2D eigenvalue weighted by Crippen LogP contribution is -2.40. The van der Waals surface area contributed by atoms with Crippen molar-refractivity contribution in [2.75, 3.05) is 13.6 Å². The van der Waals surface area contributed by atoms with Crippen LogP contribution in [0.5, 0.6) is 0 Å². The molecule has 0 saturated carbocycles. The summed E-state index contributed by atoms with van der Waals surface area (Å²) in [4.78, 5) is 16.4. The molecule has 0 spiro atoms. The number of carbonyl (C=O) groups is 1. The first-order valence-corrected chi connectivity index (χ1v) is 3.43. The van der Waals surface area contributed by atoms with Gasteiger partial charge in [0.2, 0.25) is 0 Å². The van der Waals surface area contributed by atoms with Crippen LogP contribution in [0.15, 0.2) is 4.99 Å². The highest BCUT2D eigenvalue weighted by Gasteiger charge is 2.16. The molecule has 0 amide bonds. The Labute approximate surface area is 60.7 Å². The van der Waals surface area contributed by atoms with E-state index in [9.17, 15) is 4.79 Å². The summed E-state index contributed by atoms with van der Waals surface area (Å²) in [6.07, 6.45) is 2.71. The molecule has 0 aliphatic carbocycles. The van der Waals surface area contributed by atoms with Gasteiger partial charge in [0, 0.05) is 18.8 Å². The Balaban J connectivity index is 2.59. The largest absolute Gasteiger partial charge is 0.301 e. The molecular formula is C7H12N2O. The predicted octanol–water partition coefficient (Wildman–Crippen LogP) is -0.0414. The lowest BCUT2D eigenvalue weighted by atomic mass is 10.2. The van der Waals surface area contributed by atoms with E-state index in [4.69, 9.17) is 0 Å². The molecule has 1 heterocycles. The molecule has 56 valence electrons. The van der Waals surface area contributed by atoms with Gasteiger partial charge in [0.1, 0.15) is 12.3 Å². The van der Waals surface area contributed by atoms with Crippen LogP contribution in [0, 0.1) is 0 Å². The number of nitrogens with zero attached hydrogens (tertiary/aromatic N) is 2. The highest BCUT2D eigenvalue weighted by Crippen LogP contribution is 2.02. The van der Waals surface area contributed by atoms with E-state index in [1.807, 2.05) is 13.3 Å². The molecule has 3 nitrogen and oxygen atoms in total. The van der Waals surface area contributed by atoms with Gasteiger partial charge in [-0.3, -0.25) is 9.89 Å². The summed E-state index contributed by atoms with van der Waals surface area (Å²) < 4.78 is 0. The molecule has 2 unspecified atom stereocenters. The number of hydrogen-bond acceptors (Lipinski definition) is 3. The SMILES string of the molecule is CC1C=NC(C=O)CN1C. The highest BCUT2D eigenvalue weighted by molar-refractivity contribution is 5.70. The Morgan fingerprint density at radius 1 is 1.80 bits per heavy atom. The Kier molecular flexibility index (Phi) is 2.17. The smallest absolute Gasteiger partial charge is 0.145 e. The maximum atomic E-state index is 10.3. The summed E-state index contributed by atoms with van der Waals surface area (Å²) in [5.74, 6) is 0. The number of hydrogen-bond donors (Lipinski definition) is 0. The van der Waals surface area contributed by atoms with Crippen molar-refractivity contribution in [1.82, 2.24) is 4.90 Å². The van der Waals surface area contributed by atoms with Crippen LogP contribution < -0.4 is 0 Å². The van der Waals surface area contributed by atoms with Gasteiger partial charge in [-0.15, -0.1) is 0 Å². The minimum Gasteiger partial charge on any atom is -0.301 e. The van der Waals surface area contributed by atoms with Crippen molar-refractivity contribution in [2.24, 2.45) is 4.99 Å². The molecule has 0 saturated heterocycles. The second-order valence-corrected chi connectivity index (χ2v) is 2.68. The second kappa shape index (κ2) is 2.92. The lowest BCUT2D eigenvalue weighted by molar-refractivity contribution is -0.109. The van der Waals surface area contributed by atoms with Gasteiger partial charge in [-0.2, -0.15) is 0 Å². The van der Waals surface area contributed by atoms with Crippen LogP contribution in [-0.2, 0) is 4.79 Å². The summed E-state index contributed by atoms with van der Waals surface area (Å²) in [5.41, 5.74) is 0. The molecule has 1 rings (SSSR count). The number of aldehydes is 1. The van der Waals surface area contributed by atoms with Gasteiger partial charge in [0.25, 0.3) is 0 Å². The standard InChI is InChI=1S/C7H12N2O/c1-6-3-8-7(5-10)4-9(6)2/h3,5-7H,4H2,1-2H3. The second-order valence-electron chi connectivity index (χ2n) is 2.68. The first kappa shape index (κ1) is 7.41. The third kappa shape index (κ3) is 1.42. The first-order chi connectivity index (χ1) is 4.74. The van der Waals surface area contributed by atoms with Gasteiger partial charge in [-0.1, -0.05) is 0 Å². The van der Waals surface area contributed by atoms with Crippen molar-refractivity contribution >= 4 is 12.5 Å². The van der Waals surface area contributed by atoms with Gasteiger partial charge in [-0.25, -0.2) is 0 Å². The number of aliphatic imine (C=N–C) groups is 1. The van der Waals surface area contributed by atoms with Crippen molar-refractivity contribution in [3.63, 3.8) is 0 Å². The molecule has 0 radical (unpaired) electrons. The van der Waals surface area contributed by atoms with E-state index < -0.39 is 0 Å². The Morgan fingerprint density at radius 3 is 3.00 bits per heavy atom. The Bertz CT molecular complexity index is 156. The average Bonchev–Trinajstić information content (AvgIpc) is 1.95. The summed E-state index contributed by atoms with van der Waals surface area (Å²) in [6, 6.07) is 0.234. The lowest BCUT2D eigenvalue weighted by Gasteiger charge is -2.26. The van der Waals surface area contributed by atoms with Crippen LogP contribution in [0.2, 0.25) is 0 Å². The van der Waals surface area contributed by atoms with E-state index >= 15 is 0 Å². The van der Waals surface area contributed by atoms with E-state index in [0.717, 1.165) is 12.8 Å². The zero-order valence-electron chi connectivity index (χ0n) is 6.32. The zero-order valence-corrected chi connectivity index (χ0v) is 6.32. The van der Waals surface area contributed by atoms with Gasteiger partial charge >= 0.3 is 0 Å². The molecule has 0 fully saturated rings. The van der Waals surface area contributed by atoms with Gasteiger partial charge in [0.05, 0.1) is 0 Å². The number of carbonyl (C=O) groups excluding carboxylic acids is 1. The first-order valence-electron chi connectivity index (χ1n) is 3.43. The fraction of sp³-hybridized carbons (Fsp3) is 0.714. The number of likely N-dealkylation sites (N-methyl/N-ethyl adjacent to an activating group) is 1. The topological polar surface area (TPSA) is 32.7 Å². The van der Waals surface area contributed by atoms with E-state index in [1.54, 1.807) is 0 Å². The highest BCUT2D eigenvalue weighted by atomic mass is 16.1. The minimum atomic E-state index is -0.138. The molecular weight excluding hydrogens is 128 g/mol. The van der Waals surface area contributed by atoms with Crippen LogP contribution >= 0.6 is 0 Å². The van der Waals surface area contributed by atoms with Crippen LogP contribution in [0.1, 0.15) is 6.92 Å². The Hall–Kier alpha value is -0.700. The number of rotatable bonds is 1. The van der Waals surface area contributed by atoms with Crippen LogP contribution in [0.4, 0.5) is 0 Å². The van der Waals surface area contributed by atoms with E-state index in [-0.39, 0.29) is 6.04 Å². The molecule has 0 N–H and O–H groups in total. The summed E-state index contributed by atoms with van der Waals surface area (Å²) >= 11 is 0. The predicted molar refractivity (Wildman–Crippen MR) is 40.4 cm³/mol. The fourth-order valence-electron chi connectivity index (χ4n) is 0.936. The Morgan fingerprint density at radius 2 is 2.50 bits per heavy atom. The van der Waals surface area contributed by atoms with E-state index in [0.29, 0.717) is 6.04 Å². The molecule has 0 bridgehead atoms. The molecule has 1 aliphatic heterocycles. The van der Waals surface area contributed by atoms with Crippen LogP contribution in [0.25, 0.3) is 0 Å². The van der Waals surface area contributed by atoms with E-state index in [2.05, 4.69) is 16.8 Å². The van der Waals surface area contributed by atoms with Gasteiger partial charge in [-0.05, 0) is 14.0 Å². The molecule has 10 heavy (non-hydrogen) atoms. The van der Waals surface area contributed by atoms with Crippen molar-refractivity contribution in [3.8, 4) is 0 Å². The third-order valence-corrected chi connectivity index (χ3v) is 1.82. The molecule has 0 aromatic rings. The fourth-order valence-corrected chi connectivity index (χ4v) is 0.936. The van der Waals surface area contributed by atoms with Gasteiger partial charge < -0.3 is 4.79 Å². The molecule has 0 aromatic carbocycles. The third-order valence-electron chi connectivity index (χ3n) is 1.82. The quantitative estimate of drug-likeness (QED) is 0.479. The summed E-state index contributed by atoms with van der Waals surface area (Å²) in [6.45, 7) is 2.81. The van der Waals surface area contributed by atoms with Crippen molar-refractivity contribution in [2.45, 2.75) is 19.0 Å². The molecule has 0 aromatic heterocycles. The van der Waals surface area contributed by atoms with Gasteiger partial charge in [0.15, 0.2) is 0 Å². The zero-order chi connectivity index (χ0) is 7.56. The van der Waals surface area contributed by atoms with Crippen LogP contribution in [-0.4, -0.2) is 43.1 Å². The van der Waals surface area contributed by atoms with Crippen molar-refractivity contribution in [1.29, 1.82) is 0 Å². The van der Waals surface area contributed by atoms with E-state index in [1.165, 1.54) is 0 Å². The molecule has 3 heteroatoms. The van der Waals surface area contributed by atoms with Crippen LogP contribution in [0.3, 0.4) is 0 Å². The molecule has 1 aliphatic rings. The van der Waals surface area contributed by atoms with Crippen molar-refractivity contribution in [3.05, 3.63) is 0 Å². The normalized spacial score (nSPS) is 34.2. The molecule has 2 atom stereocenters. The maximum Gasteiger partial charge on any atom is 0.145 e. The average molecular weight is 140 g/mol. The van der Waals surface area contributed by atoms with Crippen molar-refractivity contribution < 1.29 is 4.79 Å².